The Bertz CT molecular complexity index is 4400. The summed E-state index contributed by atoms with van der Waals surface area (Å²) in [6.07, 6.45) is 19.0. The van der Waals surface area contributed by atoms with Crippen molar-refractivity contribution in [3.63, 3.8) is 0 Å². The number of aromatic amines is 3. The number of amides is 3. The first-order valence-electron chi connectivity index (χ1n) is 31.4. The van der Waals surface area contributed by atoms with Gasteiger partial charge in [0.1, 0.15) is 52.5 Å². The highest BCUT2D eigenvalue weighted by molar-refractivity contribution is 6.06. The van der Waals surface area contributed by atoms with Crippen LogP contribution in [0, 0.1) is 5.82 Å². The molecule has 3 aliphatic carbocycles. The maximum atomic E-state index is 14.6. The van der Waals surface area contributed by atoms with Crippen LogP contribution in [0.25, 0.3) is 68.1 Å². The number of alkyl halides is 2. The molecule has 32 heteroatoms. The minimum absolute atomic E-state index is 0.129. The largest absolute Gasteiger partial charge is 0.483 e. The van der Waals surface area contributed by atoms with Crippen LogP contribution in [-0.2, 0) is 19.0 Å². The summed E-state index contributed by atoms with van der Waals surface area (Å²) in [5.74, 6) is 0.186. The molecule has 29 nitrogen and oxygen atoms in total. The fraction of sp³-hybridized carbons (Fsp3) is 0.269. The molecule has 0 saturated heterocycles. The van der Waals surface area contributed by atoms with Crippen molar-refractivity contribution in [3.05, 3.63) is 182 Å². The maximum absolute atomic E-state index is 14.6. The van der Waals surface area contributed by atoms with Gasteiger partial charge in [-0.05, 0) is 106 Å². The summed E-state index contributed by atoms with van der Waals surface area (Å²) in [6, 6.07) is 22.7. The molecule has 3 saturated carbocycles. The summed E-state index contributed by atoms with van der Waals surface area (Å²) in [7, 11) is 0. The molecule has 6 atom stereocenters. The summed E-state index contributed by atoms with van der Waals surface area (Å²) >= 11 is 0. The van der Waals surface area contributed by atoms with Crippen molar-refractivity contribution in [1.82, 2.24) is 74.9 Å². The normalized spacial score (nSPS) is 18.9. The first-order chi connectivity index (χ1) is 48.3. The highest BCUT2D eigenvalue weighted by atomic mass is 19.1. The number of ether oxygens (including phenoxy) is 3. The van der Waals surface area contributed by atoms with Crippen LogP contribution in [0.15, 0.2) is 173 Å². The molecule has 3 amide bonds. The van der Waals surface area contributed by atoms with E-state index in [1.54, 1.807) is 138 Å². The number of carbonyl (C=O) groups is 4. The number of hydrogen-bond donors (Lipinski definition) is 7. The zero-order chi connectivity index (χ0) is 68.9. The Morgan fingerprint density at radius 1 is 0.535 bits per heavy atom. The van der Waals surface area contributed by atoms with Crippen molar-refractivity contribution in [3.8, 4) is 68.1 Å². The van der Waals surface area contributed by atoms with Gasteiger partial charge in [0.05, 0.1) is 112 Å². The van der Waals surface area contributed by atoms with Crippen LogP contribution in [0.5, 0.6) is 0 Å². The van der Waals surface area contributed by atoms with Gasteiger partial charge in [-0.15, -0.1) is 0 Å². The number of carbonyl (C=O) groups excluding carboxylic acids is 3. The molecule has 99 heavy (non-hydrogen) atoms. The van der Waals surface area contributed by atoms with Crippen molar-refractivity contribution < 1.29 is 64.9 Å². The zero-order valence-electron chi connectivity index (χ0n) is 53.2. The molecule has 0 spiro atoms. The van der Waals surface area contributed by atoms with Gasteiger partial charge in [0, 0.05) is 82.2 Å². The quantitative estimate of drug-likeness (QED) is 0.0329. The van der Waals surface area contributed by atoms with Gasteiger partial charge < -0.3 is 48.5 Å². The van der Waals surface area contributed by atoms with Gasteiger partial charge in [-0.25, -0.2) is 13.2 Å². The van der Waals surface area contributed by atoms with E-state index in [0.717, 1.165) is 35.7 Å². The lowest BCUT2D eigenvalue weighted by Crippen LogP contribution is -2.46. The Morgan fingerprint density at radius 2 is 0.929 bits per heavy atom. The molecule has 0 radical (unpaired) electrons. The topological polar surface area (TPSA) is 370 Å². The highest BCUT2D eigenvalue weighted by Gasteiger charge is 2.46. The van der Waals surface area contributed by atoms with Crippen molar-refractivity contribution >= 4 is 41.3 Å². The zero-order valence-corrected chi connectivity index (χ0v) is 53.2. The molecule has 0 aliphatic heterocycles. The minimum atomic E-state index is -1.17. The molecule has 2 unspecified atom stereocenters. The summed E-state index contributed by atoms with van der Waals surface area (Å²) in [4.78, 5) is 59.7. The Kier molecular flexibility index (Phi) is 20.9. The Balaban J connectivity index is 0.000000138. The fourth-order valence-corrected chi connectivity index (χ4v) is 11.1. The lowest BCUT2D eigenvalue weighted by molar-refractivity contribution is -0.122. The SMILES string of the molecule is CCOC1CC(n2cc(NC(=O)c3ccc(-c4cn[nH]c4)o3)c(-c3ccc(F)cn3)n2)C1.CCO[C@@H]1C[C@H](n2cc(NC(=O)c3ccc(-c4cn[nH]c4)o3)c(-c3ccccn3)n2)C1F.CCO[C@@H]1C[C@H](n2cc(NC(=O)c3ccc(-c4cn[nH]c4)o3)c(-c3ccccn3)n2)C1F.O=CO. The predicted octanol–water partition coefficient (Wildman–Crippen LogP) is 11.5. The minimum Gasteiger partial charge on any atom is -0.483 e. The van der Waals surface area contributed by atoms with E-state index >= 15 is 0 Å². The van der Waals surface area contributed by atoms with Crippen LogP contribution >= 0.6 is 0 Å². The summed E-state index contributed by atoms with van der Waals surface area (Å²) < 4.78 is 80.9. The molecule has 12 aromatic rings. The van der Waals surface area contributed by atoms with Crippen LogP contribution < -0.4 is 16.0 Å². The third-order valence-corrected chi connectivity index (χ3v) is 16.2. The van der Waals surface area contributed by atoms with Gasteiger partial charge in [0.25, 0.3) is 24.2 Å². The van der Waals surface area contributed by atoms with E-state index in [9.17, 15) is 27.6 Å². The summed E-state index contributed by atoms with van der Waals surface area (Å²) in [6.45, 7) is 7.00. The van der Waals surface area contributed by atoms with E-state index in [4.69, 9.17) is 37.4 Å². The Hall–Kier alpha value is -11.9. The molecule has 7 N–H and O–H groups in total. The molecule has 0 bridgehead atoms. The average molecular weight is 1360 g/mol. The van der Waals surface area contributed by atoms with Gasteiger partial charge in [0.2, 0.25) is 0 Å². The third kappa shape index (κ3) is 15.4. The van der Waals surface area contributed by atoms with Crippen LogP contribution in [0.3, 0.4) is 0 Å². The molecule has 12 heterocycles. The van der Waals surface area contributed by atoms with E-state index in [2.05, 4.69) is 76.8 Å². The summed E-state index contributed by atoms with van der Waals surface area (Å²) in [5, 5.41) is 48.9. The number of aromatic nitrogens is 15. The van der Waals surface area contributed by atoms with E-state index in [-0.39, 0.29) is 35.9 Å². The number of anilines is 3. The molecular weight excluding hydrogens is 1290 g/mol. The van der Waals surface area contributed by atoms with E-state index in [1.165, 1.54) is 12.1 Å². The lowest BCUT2D eigenvalue weighted by atomic mass is 9.87. The highest BCUT2D eigenvalue weighted by Crippen LogP contribution is 2.42. The van der Waals surface area contributed by atoms with Gasteiger partial charge in [-0.2, -0.15) is 30.6 Å². The summed E-state index contributed by atoms with van der Waals surface area (Å²) in [5.41, 5.74) is 6.45. The number of nitrogens with one attached hydrogen (secondary N) is 6. The van der Waals surface area contributed by atoms with Crippen molar-refractivity contribution in [1.29, 1.82) is 0 Å². The number of carboxylic acid groups (broad SMARTS) is 1. The number of pyridine rings is 3. The smallest absolute Gasteiger partial charge is 0.291 e. The first kappa shape index (κ1) is 67.1. The van der Waals surface area contributed by atoms with E-state index < -0.39 is 60.2 Å². The second kappa shape index (κ2) is 30.9. The monoisotopic (exact) mass is 1350 g/mol. The molecule has 12 aromatic heterocycles. The molecule has 3 fully saturated rings. The fourth-order valence-electron chi connectivity index (χ4n) is 11.1. The Morgan fingerprint density at radius 3 is 1.27 bits per heavy atom. The lowest BCUT2D eigenvalue weighted by Gasteiger charge is -2.38. The maximum Gasteiger partial charge on any atom is 0.291 e. The Labute approximate surface area is 560 Å². The van der Waals surface area contributed by atoms with Gasteiger partial charge in [-0.1, -0.05) is 12.1 Å². The van der Waals surface area contributed by atoms with E-state index in [1.807, 2.05) is 37.6 Å². The van der Waals surface area contributed by atoms with Crippen LogP contribution in [0.4, 0.5) is 30.2 Å². The molecule has 3 aliphatic rings. The number of halogens is 3. The van der Waals surface area contributed by atoms with Gasteiger partial charge in [-0.3, -0.25) is 63.5 Å². The van der Waals surface area contributed by atoms with Crippen LogP contribution in [0.2, 0.25) is 0 Å². The second-order valence-electron chi connectivity index (χ2n) is 22.5. The van der Waals surface area contributed by atoms with Crippen molar-refractivity contribution in [2.75, 3.05) is 35.8 Å². The third-order valence-electron chi connectivity index (χ3n) is 16.2. The van der Waals surface area contributed by atoms with Crippen molar-refractivity contribution in [2.24, 2.45) is 0 Å². The number of nitrogens with zero attached hydrogens (tertiary/aromatic N) is 12. The number of H-pyrrole nitrogens is 3. The number of furan rings is 3. The van der Waals surface area contributed by atoms with E-state index in [0.29, 0.717) is 101 Å². The number of rotatable bonds is 21. The molecular formula is C67H65F3N18O11. The van der Waals surface area contributed by atoms with Gasteiger partial charge in [0.15, 0.2) is 17.3 Å². The molecule has 0 aromatic carbocycles. The molecule has 15 rings (SSSR count). The predicted molar refractivity (Wildman–Crippen MR) is 349 cm³/mol. The second-order valence-corrected chi connectivity index (χ2v) is 22.5. The first-order valence-corrected chi connectivity index (χ1v) is 31.4. The average Bonchev–Trinajstić information content (AvgIpc) is 1.67. The van der Waals surface area contributed by atoms with Crippen LogP contribution in [-0.4, -0.2) is 155 Å². The van der Waals surface area contributed by atoms with Crippen molar-refractivity contribution in [2.45, 2.75) is 95.2 Å². The van der Waals surface area contributed by atoms with Crippen LogP contribution in [0.1, 0.15) is 96.2 Å². The standard InChI is InChI=1S/3C22H21FN6O3.CH2O2/c1-2-31-16-7-15(8-16)29-12-18(21(28-29)17-4-3-14(23)11-24-17)27-22(30)20-6-5-19(32-20)13-9-25-26-10-13;2*1-2-31-19-9-16(20(19)23)29-12-15(21(28-29)14-5-3-4-8-24-14)27-22(30)18-7-6-17(32-18)13-10-25-26-11-13;2-1-3/h3-6,9-12,15-16H,2,7-8H2,1H3,(H,25,26)(H,27,30);2*3-8,10-12,16,19-20H,2,9H2,1H3,(H,25,26)(H,27,30);1H,(H,2,3)/t;2*16-,19+,20?;/m.00./s1. The molecule has 510 valence electrons. The van der Waals surface area contributed by atoms with Gasteiger partial charge >= 0.3 is 0 Å². The number of hydrogen-bond acceptors (Lipinski definition) is 19.